The standard InChI is InChI=1S/C7H8O.ClHO4/c1-6-3-2-4-7(8)5-6;2-1(3,4)5/h2-5,8H,1H3;(H,2,3,4,5)/p-1. The van der Waals surface area contributed by atoms with Crippen molar-refractivity contribution in [2.45, 2.75) is 6.92 Å². The van der Waals surface area contributed by atoms with Gasteiger partial charge in [-0.15, -0.1) is 10.2 Å². The fourth-order valence-corrected chi connectivity index (χ4v) is 0.628. The summed E-state index contributed by atoms with van der Waals surface area (Å²) in [5.41, 5.74) is 1.09. The molecule has 74 valence electrons. The fourth-order valence-electron chi connectivity index (χ4n) is 0.628. The van der Waals surface area contributed by atoms with Gasteiger partial charge in [0.25, 0.3) is 0 Å². The van der Waals surface area contributed by atoms with Gasteiger partial charge in [-0.3, -0.25) is 0 Å². The third-order valence-corrected chi connectivity index (χ3v) is 1.00. The maximum absolute atomic E-state index is 8.81. The van der Waals surface area contributed by atoms with Crippen LogP contribution in [0.25, 0.3) is 0 Å². The van der Waals surface area contributed by atoms with Crippen molar-refractivity contribution in [2.24, 2.45) is 0 Å². The van der Waals surface area contributed by atoms with Crippen molar-refractivity contribution in [1.82, 2.24) is 0 Å². The molecular formula is C7H8ClO5-. The molecule has 1 aromatic carbocycles. The molecule has 0 aliphatic rings. The SMILES string of the molecule is Cc1cccc(O)c1.[O-][Cl+3]([O-])([O-])[O-]. The first kappa shape index (κ1) is 12.2. The van der Waals surface area contributed by atoms with E-state index in [0.29, 0.717) is 5.75 Å². The Bertz CT molecular complexity index is 234. The average Bonchev–Trinajstić information content (AvgIpc) is 1.81. The molecule has 0 heterocycles. The molecule has 1 N–H and O–H groups in total. The normalized spacial score (nSPS) is 10.2. The highest BCUT2D eigenvalue weighted by molar-refractivity contribution is 5.25. The lowest BCUT2D eigenvalue weighted by atomic mass is 10.2. The van der Waals surface area contributed by atoms with Crippen LogP contribution >= 0.6 is 0 Å². The number of phenols is 1. The van der Waals surface area contributed by atoms with Crippen LogP contribution in [-0.2, 0) is 0 Å². The van der Waals surface area contributed by atoms with E-state index in [2.05, 4.69) is 0 Å². The number of halogens is 1. The molecule has 0 spiro atoms. The van der Waals surface area contributed by atoms with E-state index in [1.165, 1.54) is 0 Å². The second-order valence-corrected chi connectivity index (χ2v) is 2.97. The van der Waals surface area contributed by atoms with Crippen LogP contribution in [0.15, 0.2) is 24.3 Å². The monoisotopic (exact) mass is 207 g/mol. The zero-order chi connectivity index (χ0) is 10.5. The van der Waals surface area contributed by atoms with E-state index in [9.17, 15) is 0 Å². The summed E-state index contributed by atoms with van der Waals surface area (Å²) in [5, 5.41) is 8.81. The second kappa shape index (κ2) is 5.00. The van der Waals surface area contributed by atoms with Crippen LogP contribution in [-0.4, -0.2) is 5.11 Å². The van der Waals surface area contributed by atoms with E-state index in [1.807, 2.05) is 19.1 Å². The lowest BCUT2D eigenvalue weighted by Crippen LogP contribution is -2.68. The van der Waals surface area contributed by atoms with E-state index in [0.717, 1.165) is 5.56 Å². The van der Waals surface area contributed by atoms with Crippen molar-refractivity contribution in [3.05, 3.63) is 29.8 Å². The van der Waals surface area contributed by atoms with Gasteiger partial charge in [0.05, 0.1) is 0 Å². The van der Waals surface area contributed by atoms with Gasteiger partial charge < -0.3 is 5.11 Å². The molecule has 6 heteroatoms. The fraction of sp³-hybridized carbons (Fsp3) is 0.143. The molecule has 13 heavy (non-hydrogen) atoms. The first-order valence-corrected chi connectivity index (χ1v) is 4.40. The van der Waals surface area contributed by atoms with Gasteiger partial charge in [0, 0.05) is 0 Å². The highest BCUT2D eigenvalue weighted by Crippen LogP contribution is 2.08. The Morgan fingerprint density at radius 2 is 1.62 bits per heavy atom. The first-order valence-electron chi connectivity index (χ1n) is 3.16. The summed E-state index contributed by atoms with van der Waals surface area (Å²) < 4.78 is 34.0. The summed E-state index contributed by atoms with van der Waals surface area (Å²) in [6.45, 7) is 1.94. The van der Waals surface area contributed by atoms with Crippen molar-refractivity contribution in [1.29, 1.82) is 0 Å². The molecule has 1 aromatic rings. The van der Waals surface area contributed by atoms with Gasteiger partial charge >= 0.3 is 0 Å². The zero-order valence-electron chi connectivity index (χ0n) is 6.77. The highest BCUT2D eigenvalue weighted by atomic mass is 35.7. The topological polar surface area (TPSA) is 112 Å². The van der Waals surface area contributed by atoms with Gasteiger partial charge in [-0.1, -0.05) is 12.1 Å². The Kier molecular flexibility index (Phi) is 4.68. The van der Waals surface area contributed by atoms with Crippen LogP contribution in [0.3, 0.4) is 0 Å². The summed E-state index contributed by atoms with van der Waals surface area (Å²) in [5.74, 6) is 0.338. The number of phenolic OH excluding ortho intramolecular Hbond substituents is 1. The molecule has 0 aliphatic carbocycles. The van der Waals surface area contributed by atoms with Gasteiger partial charge in [-0.25, -0.2) is 18.6 Å². The zero-order valence-corrected chi connectivity index (χ0v) is 7.52. The van der Waals surface area contributed by atoms with E-state index in [4.69, 9.17) is 23.7 Å². The molecular weight excluding hydrogens is 200 g/mol. The van der Waals surface area contributed by atoms with Gasteiger partial charge in [0.2, 0.25) is 0 Å². The van der Waals surface area contributed by atoms with Crippen LogP contribution in [0.2, 0.25) is 0 Å². The summed E-state index contributed by atoms with van der Waals surface area (Å²) in [6, 6.07) is 7.15. The first-order chi connectivity index (χ1) is 5.79. The Morgan fingerprint density at radius 3 is 1.85 bits per heavy atom. The molecule has 0 unspecified atom stereocenters. The van der Waals surface area contributed by atoms with Gasteiger partial charge in [-0.05, 0) is 24.6 Å². The molecule has 0 aromatic heterocycles. The molecule has 0 radical (unpaired) electrons. The number of rotatable bonds is 0. The summed E-state index contributed by atoms with van der Waals surface area (Å²) >= 11 is 0. The molecule has 0 saturated carbocycles. The summed E-state index contributed by atoms with van der Waals surface area (Å²) in [6.07, 6.45) is 0. The van der Waals surface area contributed by atoms with E-state index < -0.39 is 10.2 Å². The van der Waals surface area contributed by atoms with Crippen LogP contribution in [0.4, 0.5) is 0 Å². The maximum atomic E-state index is 8.81. The summed E-state index contributed by atoms with van der Waals surface area (Å²) in [4.78, 5) is 0. The van der Waals surface area contributed by atoms with Gasteiger partial charge in [0.1, 0.15) is 5.75 Å². The minimum absolute atomic E-state index is 0.338. The van der Waals surface area contributed by atoms with Crippen LogP contribution in [0.5, 0.6) is 5.75 Å². The predicted molar refractivity (Wildman–Crippen MR) is 32.8 cm³/mol. The third-order valence-electron chi connectivity index (χ3n) is 1.00. The quantitative estimate of drug-likeness (QED) is 0.486. The molecule has 0 amide bonds. The Morgan fingerprint density at radius 1 is 1.15 bits per heavy atom. The van der Waals surface area contributed by atoms with Crippen molar-refractivity contribution in [3.8, 4) is 5.75 Å². The lowest BCUT2D eigenvalue weighted by molar-refractivity contribution is -2.00. The maximum Gasteiger partial charge on any atom is 0.115 e. The number of aromatic hydroxyl groups is 1. The van der Waals surface area contributed by atoms with Gasteiger partial charge in [0.15, 0.2) is 0 Å². The number of aryl methyl sites for hydroxylation is 1. The number of benzene rings is 1. The number of hydrogen-bond acceptors (Lipinski definition) is 5. The molecule has 0 saturated heterocycles. The van der Waals surface area contributed by atoms with E-state index in [-0.39, 0.29) is 0 Å². The van der Waals surface area contributed by atoms with Crippen molar-refractivity contribution < 1.29 is 34.0 Å². The predicted octanol–water partition coefficient (Wildman–Crippen LogP) is -3.06. The third kappa shape index (κ3) is 11.1. The van der Waals surface area contributed by atoms with E-state index >= 15 is 0 Å². The minimum atomic E-state index is -4.94. The lowest BCUT2D eigenvalue weighted by Gasteiger charge is -2.17. The Balaban J connectivity index is 0.000000252. The van der Waals surface area contributed by atoms with Gasteiger partial charge in [-0.2, -0.15) is 0 Å². The van der Waals surface area contributed by atoms with Crippen molar-refractivity contribution in [2.75, 3.05) is 0 Å². The average molecular weight is 208 g/mol. The molecule has 0 bridgehead atoms. The molecule has 0 atom stereocenters. The Hall–Kier alpha value is -0.850. The largest absolute Gasteiger partial charge is 0.508 e. The molecule has 1 rings (SSSR count). The molecule has 0 aliphatic heterocycles. The van der Waals surface area contributed by atoms with E-state index in [1.54, 1.807) is 12.1 Å². The van der Waals surface area contributed by atoms with Crippen LogP contribution < -0.4 is 18.6 Å². The highest BCUT2D eigenvalue weighted by Gasteiger charge is 1.84. The smallest absolute Gasteiger partial charge is 0.115 e. The second-order valence-electron chi connectivity index (χ2n) is 2.22. The van der Waals surface area contributed by atoms with Crippen LogP contribution in [0, 0.1) is 17.2 Å². The Labute approximate surface area is 77.2 Å². The molecule has 0 fully saturated rings. The number of hydrogen-bond donors (Lipinski definition) is 1. The molecule has 5 nitrogen and oxygen atoms in total. The van der Waals surface area contributed by atoms with Crippen molar-refractivity contribution >= 4 is 0 Å². The van der Waals surface area contributed by atoms with Crippen LogP contribution in [0.1, 0.15) is 5.56 Å². The summed E-state index contributed by atoms with van der Waals surface area (Å²) in [7, 11) is -4.94. The van der Waals surface area contributed by atoms with Crippen molar-refractivity contribution in [3.63, 3.8) is 0 Å². The minimum Gasteiger partial charge on any atom is -0.508 e.